The Morgan fingerprint density at radius 1 is 1.39 bits per heavy atom. The van der Waals surface area contributed by atoms with Crippen LogP contribution in [0.15, 0.2) is 4.52 Å². The van der Waals surface area contributed by atoms with Gasteiger partial charge in [-0.2, -0.15) is 0 Å². The molecule has 0 N–H and O–H groups in total. The Morgan fingerprint density at radius 2 is 2.00 bits per heavy atom. The molecule has 0 saturated carbocycles. The lowest BCUT2D eigenvalue weighted by molar-refractivity contribution is 0.106. The van der Waals surface area contributed by atoms with Crippen molar-refractivity contribution in [2.75, 3.05) is 20.1 Å². The molecule has 6 heteroatoms. The molecule has 1 aliphatic heterocycles. The molecule has 0 unspecified atom stereocenters. The van der Waals surface area contributed by atoms with E-state index >= 15 is 0 Å². The molecule has 1 aromatic heterocycles. The fraction of sp³-hybridized carbons (Fsp3) is 0.750. The van der Waals surface area contributed by atoms with Crippen molar-refractivity contribution in [2.24, 2.45) is 0 Å². The van der Waals surface area contributed by atoms with Gasteiger partial charge < -0.3 is 14.2 Å². The van der Waals surface area contributed by atoms with Crippen molar-refractivity contribution < 1.29 is 9.26 Å². The van der Waals surface area contributed by atoms with Gasteiger partial charge in [0.2, 0.25) is 0 Å². The van der Waals surface area contributed by atoms with Gasteiger partial charge in [0.25, 0.3) is 5.88 Å². The minimum atomic E-state index is 0. The van der Waals surface area contributed by atoms with Gasteiger partial charge in [-0.1, -0.05) is 25.4 Å². The molecule has 0 radical (unpaired) electrons. The summed E-state index contributed by atoms with van der Waals surface area (Å²) in [6.07, 6.45) is 2.22. The summed E-state index contributed by atoms with van der Waals surface area (Å²) in [7, 11) is 2.12. The van der Waals surface area contributed by atoms with Crippen molar-refractivity contribution in [3.8, 4) is 5.88 Å². The average molecular weight is 295 g/mol. The van der Waals surface area contributed by atoms with Crippen molar-refractivity contribution in [2.45, 2.75) is 38.7 Å². The van der Waals surface area contributed by atoms with Gasteiger partial charge in [0.1, 0.15) is 11.1 Å². The summed E-state index contributed by atoms with van der Waals surface area (Å²) in [6.45, 7) is 6.14. The molecule has 4 nitrogen and oxygen atoms in total. The zero-order valence-electron chi connectivity index (χ0n) is 11.0. The molecule has 0 amide bonds. The van der Waals surface area contributed by atoms with Crippen molar-refractivity contribution >= 4 is 24.0 Å². The first kappa shape index (κ1) is 15.6. The number of aromatic nitrogens is 1. The van der Waals surface area contributed by atoms with Gasteiger partial charge >= 0.3 is 0 Å². The lowest BCUT2D eigenvalue weighted by atomic mass is 10.1. The average Bonchev–Trinajstić information content (AvgIpc) is 2.64. The number of hydrogen-bond donors (Lipinski definition) is 0. The maximum Gasteiger partial charge on any atom is 0.273 e. The molecule has 2 heterocycles. The molecular formula is C12H20Cl2N2O2. The predicted octanol–water partition coefficient (Wildman–Crippen LogP) is 3.35. The van der Waals surface area contributed by atoms with Crippen molar-refractivity contribution in [3.05, 3.63) is 10.8 Å². The molecule has 1 fully saturated rings. The summed E-state index contributed by atoms with van der Waals surface area (Å²) in [6, 6.07) is 0. The van der Waals surface area contributed by atoms with Crippen molar-refractivity contribution in [1.82, 2.24) is 10.1 Å². The normalized spacial score (nSPS) is 17.8. The Kier molecular flexibility index (Phi) is 5.76. The topological polar surface area (TPSA) is 38.5 Å². The number of ether oxygens (including phenoxy) is 1. The Morgan fingerprint density at radius 3 is 2.50 bits per heavy atom. The summed E-state index contributed by atoms with van der Waals surface area (Å²) in [5.74, 6) is 1.38. The van der Waals surface area contributed by atoms with E-state index in [-0.39, 0.29) is 24.4 Å². The van der Waals surface area contributed by atoms with Gasteiger partial charge in [-0.15, -0.1) is 12.4 Å². The van der Waals surface area contributed by atoms with Gasteiger partial charge in [0.15, 0.2) is 5.76 Å². The van der Waals surface area contributed by atoms with Crippen LogP contribution in [-0.4, -0.2) is 36.3 Å². The number of nitrogens with zero attached hydrogens (tertiary/aromatic N) is 2. The maximum atomic E-state index is 6.18. The van der Waals surface area contributed by atoms with E-state index in [0.717, 1.165) is 25.9 Å². The van der Waals surface area contributed by atoms with E-state index in [2.05, 4.69) is 17.1 Å². The van der Waals surface area contributed by atoms with E-state index in [1.54, 1.807) is 0 Å². The van der Waals surface area contributed by atoms with E-state index < -0.39 is 0 Å². The Bertz CT molecular complexity index is 374. The standard InChI is InChI=1S/C12H19ClN2O2.ClH/c1-8(2)11-10(13)12(14-17-11)16-9-4-6-15(3)7-5-9;/h8-9H,4-7H2,1-3H3;1H. The lowest BCUT2D eigenvalue weighted by Gasteiger charge is -2.28. The molecule has 1 aromatic rings. The van der Waals surface area contributed by atoms with Gasteiger partial charge in [-0.25, -0.2) is 0 Å². The summed E-state index contributed by atoms with van der Waals surface area (Å²) < 4.78 is 11.0. The molecule has 2 rings (SSSR count). The number of halogens is 2. The molecule has 0 aromatic carbocycles. The zero-order valence-corrected chi connectivity index (χ0v) is 12.6. The number of piperidine rings is 1. The van der Waals surface area contributed by atoms with Crippen molar-refractivity contribution in [1.29, 1.82) is 0 Å². The fourth-order valence-electron chi connectivity index (χ4n) is 1.97. The minimum absolute atomic E-state index is 0. The van der Waals surface area contributed by atoms with Gasteiger partial charge in [-0.05, 0) is 25.0 Å². The number of rotatable bonds is 3. The van der Waals surface area contributed by atoms with Crippen LogP contribution in [0.1, 0.15) is 38.4 Å². The van der Waals surface area contributed by atoms with E-state index in [1.807, 2.05) is 13.8 Å². The number of hydrogen-bond acceptors (Lipinski definition) is 4. The zero-order chi connectivity index (χ0) is 12.4. The highest BCUT2D eigenvalue weighted by atomic mass is 35.5. The predicted molar refractivity (Wildman–Crippen MR) is 74.0 cm³/mol. The molecule has 0 atom stereocenters. The van der Waals surface area contributed by atoms with Crippen LogP contribution in [0.5, 0.6) is 5.88 Å². The first-order valence-electron chi connectivity index (χ1n) is 6.08. The van der Waals surface area contributed by atoms with Gasteiger partial charge in [-0.3, -0.25) is 0 Å². The first-order valence-corrected chi connectivity index (χ1v) is 6.46. The van der Waals surface area contributed by atoms with E-state index in [9.17, 15) is 0 Å². The van der Waals surface area contributed by atoms with Crippen molar-refractivity contribution in [3.63, 3.8) is 0 Å². The maximum absolute atomic E-state index is 6.18. The SMILES string of the molecule is CC(C)c1onc(OC2CCN(C)CC2)c1Cl.Cl. The fourth-order valence-corrected chi connectivity index (χ4v) is 2.30. The van der Waals surface area contributed by atoms with Gasteiger partial charge in [0.05, 0.1) is 0 Å². The molecule has 0 bridgehead atoms. The van der Waals surface area contributed by atoms with Crippen LogP contribution in [0.3, 0.4) is 0 Å². The third-order valence-corrected chi connectivity index (χ3v) is 3.45. The highest BCUT2D eigenvalue weighted by Crippen LogP contribution is 2.33. The number of likely N-dealkylation sites (tertiary alicyclic amines) is 1. The minimum Gasteiger partial charge on any atom is -0.471 e. The third kappa shape index (κ3) is 3.53. The third-order valence-electron chi connectivity index (χ3n) is 3.10. The Balaban J connectivity index is 0.00000162. The summed E-state index contributed by atoms with van der Waals surface area (Å²) in [5, 5.41) is 4.43. The summed E-state index contributed by atoms with van der Waals surface area (Å²) in [4.78, 5) is 2.30. The second kappa shape index (κ2) is 6.64. The van der Waals surface area contributed by atoms with Crippen LogP contribution in [0.25, 0.3) is 0 Å². The lowest BCUT2D eigenvalue weighted by Crippen LogP contribution is -2.35. The highest BCUT2D eigenvalue weighted by molar-refractivity contribution is 6.32. The van der Waals surface area contributed by atoms with Crippen LogP contribution in [0, 0.1) is 0 Å². The second-order valence-corrected chi connectivity index (χ2v) is 5.32. The Labute approximate surface area is 119 Å². The molecular weight excluding hydrogens is 275 g/mol. The summed E-state index contributed by atoms with van der Waals surface area (Å²) >= 11 is 6.18. The smallest absolute Gasteiger partial charge is 0.273 e. The molecule has 1 aliphatic rings. The van der Waals surface area contributed by atoms with Gasteiger partial charge in [0, 0.05) is 19.0 Å². The van der Waals surface area contributed by atoms with Crippen LogP contribution in [0.2, 0.25) is 5.02 Å². The Hall–Kier alpha value is -0.450. The first-order chi connectivity index (χ1) is 8.08. The highest BCUT2D eigenvalue weighted by Gasteiger charge is 2.23. The van der Waals surface area contributed by atoms with E-state index in [0.29, 0.717) is 16.7 Å². The quantitative estimate of drug-likeness (QED) is 0.857. The molecule has 1 saturated heterocycles. The molecule has 104 valence electrons. The monoisotopic (exact) mass is 294 g/mol. The molecule has 18 heavy (non-hydrogen) atoms. The molecule has 0 aliphatic carbocycles. The summed E-state index contributed by atoms with van der Waals surface area (Å²) in [5.41, 5.74) is 0. The van der Waals surface area contributed by atoms with Crippen LogP contribution in [0.4, 0.5) is 0 Å². The molecule has 0 spiro atoms. The van der Waals surface area contributed by atoms with E-state index in [1.165, 1.54) is 0 Å². The van der Waals surface area contributed by atoms with Crippen LogP contribution in [-0.2, 0) is 0 Å². The van der Waals surface area contributed by atoms with Crippen LogP contribution < -0.4 is 4.74 Å². The second-order valence-electron chi connectivity index (χ2n) is 4.94. The van der Waals surface area contributed by atoms with E-state index in [4.69, 9.17) is 20.9 Å². The largest absolute Gasteiger partial charge is 0.471 e. The van der Waals surface area contributed by atoms with Crippen LogP contribution >= 0.6 is 24.0 Å².